The molecule has 0 saturated heterocycles. The summed E-state index contributed by atoms with van der Waals surface area (Å²) < 4.78 is 0. The lowest BCUT2D eigenvalue weighted by Gasteiger charge is -2.51. The van der Waals surface area contributed by atoms with Crippen molar-refractivity contribution in [2.24, 2.45) is 22.2 Å². The van der Waals surface area contributed by atoms with Crippen molar-refractivity contribution in [2.75, 3.05) is 0 Å². The number of carbonyl (C=O) groups is 1. The number of fused-ring (bicyclic) bond motifs is 5. The van der Waals surface area contributed by atoms with Crippen molar-refractivity contribution in [3.05, 3.63) is 46.3 Å². The smallest absolute Gasteiger partial charge is 0.136 e. The zero-order valence-electron chi connectivity index (χ0n) is 18.8. The summed E-state index contributed by atoms with van der Waals surface area (Å²) in [6.07, 6.45) is 15.4. The minimum absolute atomic E-state index is 0.130. The Balaban J connectivity index is 0.000000302. The molecule has 0 radical (unpaired) electrons. The zero-order valence-corrected chi connectivity index (χ0v) is 19.9. The van der Waals surface area contributed by atoms with Gasteiger partial charge in [0.1, 0.15) is 11.5 Å². The van der Waals surface area contributed by atoms with Crippen LogP contribution in [0, 0.1) is 22.2 Å². The molecule has 0 bridgehead atoms. The van der Waals surface area contributed by atoms with Crippen LogP contribution >= 0.6 is 9.24 Å². The topological polar surface area (TPSA) is 37.3 Å². The van der Waals surface area contributed by atoms with Gasteiger partial charge in [-0.2, -0.15) is 0 Å². The average Bonchev–Trinajstić information content (AvgIpc) is 3.35. The summed E-state index contributed by atoms with van der Waals surface area (Å²) in [6, 6.07) is 0. The quantitative estimate of drug-likeness (QED) is 0.478. The van der Waals surface area contributed by atoms with Gasteiger partial charge in [-0.15, -0.1) is 9.24 Å². The highest BCUT2D eigenvalue weighted by Gasteiger charge is 2.59. The molecule has 0 heterocycles. The number of aliphatic hydroxyl groups excluding tert-OH is 1. The normalized spacial score (nSPS) is 37.2. The van der Waals surface area contributed by atoms with Crippen LogP contribution in [0.4, 0.5) is 0 Å². The second-order valence-electron chi connectivity index (χ2n) is 10.7. The molecule has 5 aliphatic rings. The van der Waals surface area contributed by atoms with Crippen LogP contribution in [0.2, 0.25) is 0 Å². The molecule has 0 amide bonds. The van der Waals surface area contributed by atoms with Crippen molar-refractivity contribution >= 4 is 15.0 Å². The lowest BCUT2D eigenvalue weighted by molar-refractivity contribution is -0.116. The van der Waals surface area contributed by atoms with E-state index < -0.39 is 0 Å². The third kappa shape index (κ3) is 3.21. The first kappa shape index (κ1) is 21.1. The van der Waals surface area contributed by atoms with Gasteiger partial charge in [-0.25, -0.2) is 0 Å². The van der Waals surface area contributed by atoms with Crippen LogP contribution in [0.5, 0.6) is 0 Å². The molecule has 29 heavy (non-hydrogen) atoms. The van der Waals surface area contributed by atoms with Crippen LogP contribution in [-0.2, 0) is 4.79 Å². The lowest BCUT2D eigenvalue weighted by Crippen LogP contribution is -2.40. The molecule has 5 aliphatic carbocycles. The highest BCUT2D eigenvalue weighted by atomic mass is 31.0. The molecule has 0 aromatic rings. The summed E-state index contributed by atoms with van der Waals surface area (Å²) in [7, 11) is 2.42. The molecule has 5 unspecified atom stereocenters. The molecular formula is C26H37O2P. The molecule has 5 atom stereocenters. The van der Waals surface area contributed by atoms with Crippen molar-refractivity contribution in [3.63, 3.8) is 0 Å². The van der Waals surface area contributed by atoms with E-state index >= 15 is 0 Å². The molecule has 1 fully saturated rings. The fraction of sp³-hybridized carbons (Fsp3) is 0.654. The Morgan fingerprint density at radius 1 is 1.24 bits per heavy atom. The second-order valence-corrected chi connectivity index (χ2v) is 11.7. The Labute approximate surface area is 178 Å². The predicted octanol–water partition coefficient (Wildman–Crippen LogP) is 6.85. The van der Waals surface area contributed by atoms with Gasteiger partial charge >= 0.3 is 0 Å². The lowest BCUT2D eigenvalue weighted by atomic mass is 9.52. The molecule has 158 valence electrons. The highest BCUT2D eigenvalue weighted by molar-refractivity contribution is 7.19. The van der Waals surface area contributed by atoms with Crippen LogP contribution in [0.15, 0.2) is 46.3 Å². The molecule has 0 aromatic heterocycles. The maximum absolute atomic E-state index is 10.1. The van der Waals surface area contributed by atoms with Gasteiger partial charge in [-0.1, -0.05) is 39.3 Å². The predicted molar refractivity (Wildman–Crippen MR) is 124 cm³/mol. The van der Waals surface area contributed by atoms with E-state index in [1.807, 2.05) is 6.92 Å². The Bertz CT molecular complexity index is 867. The van der Waals surface area contributed by atoms with E-state index in [4.69, 9.17) is 0 Å². The zero-order chi connectivity index (χ0) is 21.2. The summed E-state index contributed by atoms with van der Waals surface area (Å²) in [6.45, 7) is 10.8. The Morgan fingerprint density at radius 2 is 1.90 bits per heavy atom. The van der Waals surface area contributed by atoms with Crippen LogP contribution in [0.3, 0.4) is 0 Å². The number of hydrogen-bond acceptors (Lipinski definition) is 2. The van der Waals surface area contributed by atoms with Gasteiger partial charge in [0.25, 0.3) is 0 Å². The minimum atomic E-state index is 0.130. The molecule has 0 aliphatic heterocycles. The van der Waals surface area contributed by atoms with Crippen LogP contribution in [-0.4, -0.2) is 16.5 Å². The fourth-order valence-corrected chi connectivity index (χ4v) is 6.25. The van der Waals surface area contributed by atoms with E-state index in [9.17, 15) is 9.90 Å². The minimum Gasteiger partial charge on any atom is -0.508 e. The number of ketones is 1. The van der Waals surface area contributed by atoms with E-state index in [1.54, 1.807) is 29.2 Å². The van der Waals surface area contributed by atoms with Gasteiger partial charge in [0.2, 0.25) is 0 Å². The number of carbonyl (C=O) groups excluding carboxylic acids is 1. The number of rotatable bonds is 1. The van der Waals surface area contributed by atoms with Gasteiger partial charge in [-0.3, -0.25) is 4.79 Å². The maximum Gasteiger partial charge on any atom is 0.136 e. The molecule has 1 N–H and O–H groups in total. The van der Waals surface area contributed by atoms with Gasteiger partial charge in [0.15, 0.2) is 0 Å². The summed E-state index contributed by atoms with van der Waals surface area (Å²) in [4.78, 5) is 10.1. The van der Waals surface area contributed by atoms with E-state index in [1.165, 1.54) is 38.5 Å². The third-order valence-corrected chi connectivity index (χ3v) is 9.29. The van der Waals surface area contributed by atoms with Gasteiger partial charge in [0, 0.05) is 11.1 Å². The van der Waals surface area contributed by atoms with E-state index in [2.05, 4.69) is 48.2 Å². The van der Waals surface area contributed by atoms with Crippen molar-refractivity contribution in [1.29, 1.82) is 0 Å². The first-order valence-electron chi connectivity index (χ1n) is 11.3. The summed E-state index contributed by atoms with van der Waals surface area (Å²) >= 11 is 0. The first-order valence-corrected chi connectivity index (χ1v) is 12.0. The summed E-state index contributed by atoms with van der Waals surface area (Å²) in [5.74, 6) is 1.52. The average molecular weight is 413 g/mol. The maximum atomic E-state index is 10.1. The van der Waals surface area contributed by atoms with E-state index in [-0.39, 0.29) is 16.9 Å². The van der Waals surface area contributed by atoms with Gasteiger partial charge in [0.05, 0.1) is 0 Å². The largest absolute Gasteiger partial charge is 0.508 e. The summed E-state index contributed by atoms with van der Waals surface area (Å²) in [5, 5.41) is 10.1. The molecular weight excluding hydrogens is 375 g/mol. The molecule has 5 rings (SSSR count). The van der Waals surface area contributed by atoms with E-state index in [0.29, 0.717) is 16.6 Å². The molecule has 1 spiro atoms. The third-order valence-electron chi connectivity index (χ3n) is 8.82. The fourth-order valence-electron chi connectivity index (χ4n) is 6.25. The van der Waals surface area contributed by atoms with E-state index in [0.717, 1.165) is 12.3 Å². The summed E-state index contributed by atoms with van der Waals surface area (Å²) in [5.41, 5.74) is 7.79. The molecule has 1 saturated carbocycles. The Morgan fingerprint density at radius 3 is 2.48 bits per heavy atom. The number of aliphatic hydroxyl groups is 1. The van der Waals surface area contributed by atoms with Crippen molar-refractivity contribution in [1.82, 2.24) is 0 Å². The van der Waals surface area contributed by atoms with Gasteiger partial charge < -0.3 is 5.11 Å². The van der Waals surface area contributed by atoms with Crippen LogP contribution in [0.1, 0.15) is 79.6 Å². The van der Waals surface area contributed by atoms with Crippen LogP contribution < -0.4 is 0 Å². The number of hydrogen-bond donors (Lipinski definition) is 1. The van der Waals surface area contributed by atoms with Crippen molar-refractivity contribution in [2.45, 2.75) is 85.2 Å². The Kier molecular flexibility index (Phi) is 5.05. The first-order chi connectivity index (χ1) is 13.5. The van der Waals surface area contributed by atoms with Gasteiger partial charge in [-0.05, 0) is 97.5 Å². The number of allylic oxidation sites excluding steroid dienone is 7. The molecule has 2 nitrogen and oxygen atoms in total. The molecule has 0 aromatic carbocycles. The highest BCUT2D eigenvalue weighted by Crippen LogP contribution is 2.71. The SMILES string of the molecule is CC(=O)C(C)P.CC1CC=C2C3=C(CCC21C)C1(C)CC=C(O)C=C1C1(CC1)C3. The van der Waals surface area contributed by atoms with Crippen molar-refractivity contribution < 1.29 is 9.90 Å². The molecule has 3 heteroatoms. The van der Waals surface area contributed by atoms with Crippen molar-refractivity contribution in [3.8, 4) is 0 Å². The number of Topliss-reactive ketones (excluding diaryl/α,β-unsaturated/α-hetero) is 1. The standard InChI is InChI=1S/C22H28O.C4H9OP/c1-14-4-5-17-16-13-22(10-11-22)19-12-15(23)6-8-21(19,3)18(16)7-9-20(14,17)2;1-3(5)4(2)6/h5-6,12,14,23H,4,7-11,13H2,1-3H3;4H,6H2,1-2H3. The van der Waals surface area contributed by atoms with Crippen LogP contribution in [0.25, 0.3) is 0 Å². The second kappa shape index (κ2) is 6.94. The Hall–Kier alpha value is -1.14. The monoisotopic (exact) mass is 412 g/mol.